The van der Waals surface area contributed by atoms with Gasteiger partial charge in [0.25, 0.3) is 0 Å². The number of aryl methyl sites for hydroxylation is 2. The van der Waals surface area contributed by atoms with Gasteiger partial charge in [0.2, 0.25) is 0 Å². The van der Waals surface area contributed by atoms with Crippen LogP contribution in [0.1, 0.15) is 23.4 Å². The molecule has 0 aliphatic carbocycles. The van der Waals surface area contributed by atoms with Crippen molar-refractivity contribution in [3.63, 3.8) is 0 Å². The molecule has 0 radical (unpaired) electrons. The molecular formula is C16H19F2N3O3. The Hall–Kier alpha value is -2.64. The number of anilines is 1. The maximum atomic E-state index is 13.5. The molecule has 0 aliphatic heterocycles. The van der Waals surface area contributed by atoms with Crippen LogP contribution in [0.15, 0.2) is 16.7 Å². The van der Waals surface area contributed by atoms with Crippen molar-refractivity contribution in [2.24, 2.45) is 0 Å². The molecule has 1 aromatic carbocycles. The van der Waals surface area contributed by atoms with E-state index in [1.54, 1.807) is 0 Å². The highest BCUT2D eigenvalue weighted by molar-refractivity contribution is 5.89. The van der Waals surface area contributed by atoms with Gasteiger partial charge in [-0.1, -0.05) is 5.16 Å². The fourth-order valence-electron chi connectivity index (χ4n) is 2.33. The largest absolute Gasteiger partial charge is 0.491 e. The van der Waals surface area contributed by atoms with Crippen molar-refractivity contribution in [1.29, 1.82) is 0 Å². The predicted molar refractivity (Wildman–Crippen MR) is 84.2 cm³/mol. The molecule has 0 atom stereocenters. The summed E-state index contributed by atoms with van der Waals surface area (Å²) < 4.78 is 36.7. The number of hydrogen-bond acceptors (Lipinski definition) is 4. The second kappa shape index (κ2) is 7.76. The van der Waals surface area contributed by atoms with E-state index in [1.807, 2.05) is 13.8 Å². The third-order valence-electron chi connectivity index (χ3n) is 3.53. The quantitative estimate of drug-likeness (QED) is 0.792. The molecule has 0 unspecified atom stereocenters. The lowest BCUT2D eigenvalue weighted by Crippen LogP contribution is -2.29. The van der Waals surface area contributed by atoms with E-state index in [0.717, 1.165) is 29.2 Å². The third kappa shape index (κ3) is 4.21. The topological polar surface area (TPSA) is 76.4 Å². The number of ether oxygens (including phenoxy) is 1. The van der Waals surface area contributed by atoms with Crippen LogP contribution in [-0.4, -0.2) is 24.8 Å². The molecule has 2 amide bonds. The number of hydrogen-bond donors (Lipinski definition) is 2. The summed E-state index contributed by atoms with van der Waals surface area (Å²) in [6, 6.07) is 1.44. The highest BCUT2D eigenvalue weighted by atomic mass is 19.1. The highest BCUT2D eigenvalue weighted by Gasteiger charge is 2.13. The Morgan fingerprint density at radius 2 is 1.96 bits per heavy atom. The molecule has 2 aromatic rings. The summed E-state index contributed by atoms with van der Waals surface area (Å²) in [4.78, 5) is 11.8. The van der Waals surface area contributed by atoms with Crippen LogP contribution in [-0.2, 0) is 6.42 Å². The van der Waals surface area contributed by atoms with Gasteiger partial charge in [0.15, 0.2) is 17.4 Å². The van der Waals surface area contributed by atoms with Gasteiger partial charge in [0.05, 0.1) is 12.8 Å². The Balaban J connectivity index is 1.81. The van der Waals surface area contributed by atoms with Gasteiger partial charge in [-0.05, 0) is 26.7 Å². The number of amides is 2. The first-order valence-electron chi connectivity index (χ1n) is 7.42. The molecule has 2 rings (SSSR count). The smallest absolute Gasteiger partial charge is 0.319 e. The minimum atomic E-state index is -0.883. The molecule has 0 bridgehead atoms. The summed E-state index contributed by atoms with van der Waals surface area (Å²) >= 11 is 0. The van der Waals surface area contributed by atoms with Crippen molar-refractivity contribution in [2.45, 2.75) is 26.7 Å². The van der Waals surface area contributed by atoms with Gasteiger partial charge in [0, 0.05) is 29.9 Å². The average molecular weight is 339 g/mol. The molecular weight excluding hydrogens is 320 g/mol. The van der Waals surface area contributed by atoms with E-state index in [4.69, 9.17) is 4.52 Å². The molecule has 8 heteroatoms. The lowest BCUT2D eigenvalue weighted by Gasteiger charge is -2.10. The number of nitrogens with one attached hydrogen (secondary N) is 2. The SMILES string of the molecule is COc1c(F)cc(NC(=O)NCCCc2c(C)noc2C)cc1F. The fourth-order valence-corrected chi connectivity index (χ4v) is 2.33. The second-order valence-electron chi connectivity index (χ2n) is 5.26. The maximum absolute atomic E-state index is 13.5. The van der Waals surface area contributed by atoms with Crippen molar-refractivity contribution in [1.82, 2.24) is 10.5 Å². The van der Waals surface area contributed by atoms with Gasteiger partial charge in [-0.15, -0.1) is 0 Å². The van der Waals surface area contributed by atoms with Crippen LogP contribution in [0.4, 0.5) is 19.3 Å². The summed E-state index contributed by atoms with van der Waals surface area (Å²) in [7, 11) is 1.17. The average Bonchev–Trinajstić information content (AvgIpc) is 2.82. The van der Waals surface area contributed by atoms with E-state index in [-0.39, 0.29) is 5.69 Å². The van der Waals surface area contributed by atoms with Crippen molar-refractivity contribution in [3.8, 4) is 5.75 Å². The number of halogens is 2. The molecule has 0 fully saturated rings. The van der Waals surface area contributed by atoms with Crippen molar-refractivity contribution >= 4 is 11.7 Å². The summed E-state index contributed by atoms with van der Waals surface area (Å²) in [5, 5.41) is 8.86. The minimum absolute atomic E-state index is 0.00836. The molecule has 1 aromatic heterocycles. The summed E-state index contributed by atoms with van der Waals surface area (Å²) in [5.74, 6) is -1.49. The number of urea groups is 1. The Morgan fingerprint density at radius 3 is 2.50 bits per heavy atom. The van der Waals surface area contributed by atoms with Crippen LogP contribution in [0.3, 0.4) is 0 Å². The van der Waals surface area contributed by atoms with Gasteiger partial charge in [-0.3, -0.25) is 0 Å². The normalized spacial score (nSPS) is 10.5. The molecule has 130 valence electrons. The van der Waals surface area contributed by atoms with Crippen LogP contribution in [0, 0.1) is 25.5 Å². The van der Waals surface area contributed by atoms with Gasteiger partial charge >= 0.3 is 6.03 Å². The number of nitrogens with zero attached hydrogens (tertiary/aromatic N) is 1. The molecule has 2 N–H and O–H groups in total. The number of rotatable bonds is 6. The Morgan fingerprint density at radius 1 is 1.29 bits per heavy atom. The minimum Gasteiger partial charge on any atom is -0.491 e. The summed E-state index contributed by atoms with van der Waals surface area (Å²) in [5.41, 5.74) is 1.87. The monoisotopic (exact) mass is 339 g/mol. The van der Waals surface area contributed by atoms with Crippen molar-refractivity contribution in [3.05, 3.63) is 40.8 Å². The van der Waals surface area contributed by atoms with Crippen LogP contribution >= 0.6 is 0 Å². The van der Waals surface area contributed by atoms with Crippen LogP contribution in [0.25, 0.3) is 0 Å². The first-order valence-corrected chi connectivity index (χ1v) is 7.42. The number of methoxy groups -OCH3 is 1. The molecule has 24 heavy (non-hydrogen) atoms. The number of carbonyl (C=O) groups is 1. The van der Waals surface area contributed by atoms with Crippen molar-refractivity contribution < 1.29 is 22.8 Å². The van der Waals surface area contributed by atoms with Crippen LogP contribution in [0.5, 0.6) is 5.75 Å². The molecule has 1 heterocycles. The Labute approximate surface area is 138 Å². The molecule has 6 nitrogen and oxygen atoms in total. The molecule has 0 saturated carbocycles. The van der Waals surface area contributed by atoms with E-state index in [1.165, 1.54) is 7.11 Å². The van der Waals surface area contributed by atoms with Gasteiger partial charge < -0.3 is 19.9 Å². The van der Waals surface area contributed by atoms with Gasteiger partial charge in [-0.2, -0.15) is 0 Å². The summed E-state index contributed by atoms with van der Waals surface area (Å²) in [6.45, 7) is 4.10. The predicted octanol–water partition coefficient (Wildman–Crippen LogP) is 3.33. The van der Waals surface area contributed by atoms with E-state index in [9.17, 15) is 13.6 Å². The zero-order valence-electron chi connectivity index (χ0n) is 13.7. The molecule has 0 aliphatic rings. The van der Waals surface area contributed by atoms with Gasteiger partial charge in [-0.25, -0.2) is 13.6 Å². The number of carbonyl (C=O) groups excluding carboxylic acids is 1. The lowest BCUT2D eigenvalue weighted by molar-refractivity contribution is 0.252. The Bertz CT molecular complexity index is 689. The van der Waals surface area contributed by atoms with E-state index in [0.29, 0.717) is 19.4 Å². The zero-order valence-corrected chi connectivity index (χ0v) is 13.7. The molecule has 0 saturated heterocycles. The highest BCUT2D eigenvalue weighted by Crippen LogP contribution is 2.25. The first kappa shape index (κ1) is 17.7. The number of benzene rings is 1. The maximum Gasteiger partial charge on any atom is 0.319 e. The first-order chi connectivity index (χ1) is 11.4. The number of aromatic nitrogens is 1. The molecule has 0 spiro atoms. The zero-order chi connectivity index (χ0) is 17.7. The third-order valence-corrected chi connectivity index (χ3v) is 3.53. The second-order valence-corrected chi connectivity index (χ2v) is 5.26. The standard InChI is InChI=1S/C16H19F2N3O3/c1-9-12(10(2)24-21-9)5-4-6-19-16(22)20-11-7-13(17)15(23-3)14(18)8-11/h7-8H,4-6H2,1-3H3,(H2,19,20,22). The van der Waals surface area contributed by atoms with Crippen molar-refractivity contribution in [2.75, 3.05) is 19.0 Å². The fraction of sp³-hybridized carbons (Fsp3) is 0.375. The van der Waals surface area contributed by atoms with E-state index >= 15 is 0 Å². The van der Waals surface area contributed by atoms with E-state index < -0.39 is 23.4 Å². The van der Waals surface area contributed by atoms with Gasteiger partial charge in [0.1, 0.15) is 5.76 Å². The summed E-state index contributed by atoms with van der Waals surface area (Å²) in [6.07, 6.45) is 1.40. The van der Waals surface area contributed by atoms with Crippen LogP contribution < -0.4 is 15.4 Å². The van der Waals surface area contributed by atoms with Crippen LogP contribution in [0.2, 0.25) is 0 Å². The lowest BCUT2D eigenvalue weighted by atomic mass is 10.1. The van der Waals surface area contributed by atoms with E-state index in [2.05, 4.69) is 20.5 Å². The Kier molecular flexibility index (Phi) is 5.73.